The smallest absolute Gasteiger partial charge is 0.161 e. The van der Waals surface area contributed by atoms with Gasteiger partial charge < -0.3 is 4.42 Å². The van der Waals surface area contributed by atoms with Crippen LogP contribution in [0.4, 0.5) is 0 Å². The molecule has 2 heterocycles. The zero-order valence-corrected chi connectivity index (χ0v) is 27.6. The highest BCUT2D eigenvalue weighted by molar-refractivity contribution is 6.16. The Labute approximate surface area is 295 Å². The van der Waals surface area contributed by atoms with Gasteiger partial charge in [0, 0.05) is 33.0 Å². The summed E-state index contributed by atoms with van der Waals surface area (Å²) in [5.74, 6) is 0.661. The fourth-order valence-corrected chi connectivity index (χ4v) is 7.37. The van der Waals surface area contributed by atoms with Crippen molar-refractivity contribution in [3.8, 4) is 56.2 Å². The van der Waals surface area contributed by atoms with E-state index >= 15 is 0 Å². The predicted molar refractivity (Wildman–Crippen MR) is 212 cm³/mol. The molecule has 0 radical (unpaired) electrons. The molecule has 0 unspecified atom stereocenters. The number of fused-ring (bicyclic) bond motifs is 5. The maximum Gasteiger partial charge on any atom is 0.161 e. The van der Waals surface area contributed by atoms with Gasteiger partial charge in [-0.2, -0.15) is 0 Å². The van der Waals surface area contributed by atoms with Crippen LogP contribution in [-0.4, -0.2) is 9.97 Å². The predicted octanol–water partition coefficient (Wildman–Crippen LogP) is 13.0. The van der Waals surface area contributed by atoms with Gasteiger partial charge in [-0.1, -0.05) is 152 Å². The molecule has 0 aliphatic rings. The second-order valence-electron chi connectivity index (χ2n) is 13.0. The summed E-state index contributed by atoms with van der Waals surface area (Å²) in [6.45, 7) is 0. The van der Waals surface area contributed by atoms with Gasteiger partial charge in [0.15, 0.2) is 5.82 Å². The summed E-state index contributed by atoms with van der Waals surface area (Å²) >= 11 is 0. The minimum atomic E-state index is 0.661. The van der Waals surface area contributed by atoms with Crippen molar-refractivity contribution >= 4 is 43.5 Å². The van der Waals surface area contributed by atoms with Crippen LogP contribution in [0.1, 0.15) is 0 Å². The number of hydrogen-bond acceptors (Lipinski definition) is 3. The maximum atomic E-state index is 6.70. The summed E-state index contributed by atoms with van der Waals surface area (Å²) in [7, 11) is 0. The molecule has 51 heavy (non-hydrogen) atoms. The minimum absolute atomic E-state index is 0.661. The van der Waals surface area contributed by atoms with Crippen LogP contribution in [0, 0.1) is 0 Å². The van der Waals surface area contributed by atoms with Crippen molar-refractivity contribution in [1.29, 1.82) is 0 Å². The van der Waals surface area contributed by atoms with Gasteiger partial charge in [0.05, 0.1) is 11.4 Å². The molecule has 3 heteroatoms. The van der Waals surface area contributed by atoms with Crippen molar-refractivity contribution in [3.63, 3.8) is 0 Å². The maximum absolute atomic E-state index is 6.70. The first-order valence-corrected chi connectivity index (χ1v) is 17.2. The molecule has 2 aromatic heterocycles. The minimum Gasteiger partial charge on any atom is -0.455 e. The molecule has 3 nitrogen and oxygen atoms in total. The van der Waals surface area contributed by atoms with E-state index in [2.05, 4.69) is 164 Å². The monoisotopic (exact) mass is 650 g/mol. The normalized spacial score (nSPS) is 11.5. The van der Waals surface area contributed by atoms with Crippen molar-refractivity contribution in [1.82, 2.24) is 9.97 Å². The standard InChI is InChI=1S/C48H30N2O/c1-2-13-35(14-3-1)43-30-44(37-26-21-31-11-4-5-15-36(31)29-37)50-48(49-43)42-28-27-40(47-46(42)41-18-8-9-20-45(41)51-47)34-24-22-33(23-25-34)39-19-10-16-32-12-6-7-17-38(32)39/h1-30H. The summed E-state index contributed by atoms with van der Waals surface area (Å²) in [6.07, 6.45) is 0. The molecule has 0 bridgehead atoms. The number of hydrogen-bond donors (Lipinski definition) is 0. The molecule has 0 aliphatic heterocycles. The molecule has 0 N–H and O–H groups in total. The fraction of sp³-hybridized carbons (Fsp3) is 0. The van der Waals surface area contributed by atoms with Gasteiger partial charge in [0.2, 0.25) is 0 Å². The van der Waals surface area contributed by atoms with Gasteiger partial charge in [-0.15, -0.1) is 0 Å². The number of para-hydroxylation sites is 1. The van der Waals surface area contributed by atoms with Gasteiger partial charge in [0.1, 0.15) is 11.2 Å². The molecule has 0 atom stereocenters. The van der Waals surface area contributed by atoms with Gasteiger partial charge in [-0.3, -0.25) is 0 Å². The quantitative estimate of drug-likeness (QED) is 0.186. The zero-order chi connectivity index (χ0) is 33.7. The van der Waals surface area contributed by atoms with Crippen LogP contribution in [-0.2, 0) is 0 Å². The number of furan rings is 1. The summed E-state index contributed by atoms with van der Waals surface area (Å²) < 4.78 is 6.70. The van der Waals surface area contributed by atoms with Crippen LogP contribution in [0.25, 0.3) is 99.6 Å². The molecule has 0 aliphatic carbocycles. The molecule has 10 aromatic rings. The molecular formula is C48H30N2O. The van der Waals surface area contributed by atoms with Crippen molar-refractivity contribution in [2.45, 2.75) is 0 Å². The van der Waals surface area contributed by atoms with Crippen LogP contribution in [0.2, 0.25) is 0 Å². The van der Waals surface area contributed by atoms with E-state index in [1.807, 2.05) is 18.2 Å². The van der Waals surface area contributed by atoms with Gasteiger partial charge >= 0.3 is 0 Å². The van der Waals surface area contributed by atoms with E-state index in [4.69, 9.17) is 14.4 Å². The van der Waals surface area contributed by atoms with Crippen LogP contribution in [0.15, 0.2) is 186 Å². The Morgan fingerprint density at radius 1 is 0.353 bits per heavy atom. The Morgan fingerprint density at radius 2 is 0.961 bits per heavy atom. The molecule has 0 spiro atoms. The number of aromatic nitrogens is 2. The second-order valence-corrected chi connectivity index (χ2v) is 13.0. The number of benzene rings is 8. The lowest BCUT2D eigenvalue weighted by Gasteiger charge is -2.12. The Hall–Kier alpha value is -6.84. The van der Waals surface area contributed by atoms with E-state index < -0.39 is 0 Å². The average molecular weight is 651 g/mol. The lowest BCUT2D eigenvalue weighted by Crippen LogP contribution is -1.97. The molecule has 0 fully saturated rings. The van der Waals surface area contributed by atoms with Crippen LogP contribution >= 0.6 is 0 Å². The van der Waals surface area contributed by atoms with Crippen molar-refractivity contribution in [2.24, 2.45) is 0 Å². The van der Waals surface area contributed by atoms with E-state index in [1.54, 1.807) is 0 Å². The van der Waals surface area contributed by atoms with Gasteiger partial charge in [0.25, 0.3) is 0 Å². The lowest BCUT2D eigenvalue weighted by molar-refractivity contribution is 0.670. The average Bonchev–Trinajstić information content (AvgIpc) is 3.60. The SMILES string of the molecule is c1ccc(-c2cc(-c3ccc4ccccc4c3)nc(-c3ccc(-c4ccc(-c5cccc6ccccc56)cc4)c4oc5ccccc5c34)n2)cc1. The summed E-state index contributed by atoms with van der Waals surface area (Å²) in [6, 6.07) is 63.8. The Balaban J connectivity index is 1.16. The van der Waals surface area contributed by atoms with Crippen molar-refractivity contribution < 1.29 is 4.42 Å². The summed E-state index contributed by atoms with van der Waals surface area (Å²) in [5.41, 5.74) is 11.0. The van der Waals surface area contributed by atoms with E-state index in [9.17, 15) is 0 Å². The molecular weight excluding hydrogens is 621 g/mol. The highest BCUT2D eigenvalue weighted by Crippen LogP contribution is 2.42. The van der Waals surface area contributed by atoms with Crippen LogP contribution in [0.5, 0.6) is 0 Å². The first-order chi connectivity index (χ1) is 25.3. The lowest BCUT2D eigenvalue weighted by atomic mass is 9.94. The number of rotatable bonds is 5. The van der Waals surface area contributed by atoms with Crippen molar-refractivity contribution in [2.75, 3.05) is 0 Å². The van der Waals surface area contributed by atoms with Crippen LogP contribution < -0.4 is 0 Å². The number of nitrogens with zero attached hydrogens (tertiary/aromatic N) is 2. The van der Waals surface area contributed by atoms with E-state index in [0.29, 0.717) is 5.82 Å². The summed E-state index contributed by atoms with van der Waals surface area (Å²) in [4.78, 5) is 10.5. The first-order valence-electron chi connectivity index (χ1n) is 17.2. The van der Waals surface area contributed by atoms with Crippen molar-refractivity contribution in [3.05, 3.63) is 182 Å². The van der Waals surface area contributed by atoms with Gasteiger partial charge in [-0.05, 0) is 68.6 Å². The molecule has 0 saturated heterocycles. The third-order valence-electron chi connectivity index (χ3n) is 9.90. The van der Waals surface area contributed by atoms with Crippen LogP contribution in [0.3, 0.4) is 0 Å². The Morgan fingerprint density at radius 3 is 1.78 bits per heavy atom. The molecule has 0 saturated carbocycles. The summed E-state index contributed by atoms with van der Waals surface area (Å²) in [5, 5.41) is 6.91. The first kappa shape index (κ1) is 29.1. The largest absolute Gasteiger partial charge is 0.455 e. The van der Waals surface area contributed by atoms with E-state index in [1.165, 1.54) is 32.7 Å². The molecule has 0 amide bonds. The Bertz CT molecular complexity index is 2900. The van der Waals surface area contributed by atoms with E-state index in [-0.39, 0.29) is 0 Å². The highest BCUT2D eigenvalue weighted by Gasteiger charge is 2.20. The molecule has 238 valence electrons. The van der Waals surface area contributed by atoms with Gasteiger partial charge in [-0.25, -0.2) is 9.97 Å². The second kappa shape index (κ2) is 11.9. The highest BCUT2D eigenvalue weighted by atomic mass is 16.3. The third-order valence-corrected chi connectivity index (χ3v) is 9.90. The molecule has 8 aromatic carbocycles. The fourth-order valence-electron chi connectivity index (χ4n) is 7.37. The zero-order valence-electron chi connectivity index (χ0n) is 27.6. The third kappa shape index (κ3) is 5.06. The van der Waals surface area contributed by atoms with E-state index in [0.717, 1.165) is 61.1 Å². The topological polar surface area (TPSA) is 38.9 Å². The Kier molecular flexibility index (Phi) is 6.81. The molecule has 10 rings (SSSR count).